The van der Waals surface area contributed by atoms with Crippen LogP contribution in [0.5, 0.6) is 0 Å². The molecule has 1 atom stereocenters. The minimum absolute atomic E-state index is 0.732. The zero-order chi connectivity index (χ0) is 9.31. The summed E-state index contributed by atoms with van der Waals surface area (Å²) in [5.74, 6) is 0.732. The van der Waals surface area contributed by atoms with E-state index in [2.05, 4.69) is 15.3 Å². The summed E-state index contributed by atoms with van der Waals surface area (Å²) in [6, 6.07) is 0. The Bertz CT molecular complexity index is 353. The Morgan fingerprint density at radius 3 is 2.92 bits per heavy atom. The lowest BCUT2D eigenvalue weighted by Crippen LogP contribution is -2.35. The van der Waals surface area contributed by atoms with Crippen LogP contribution in [0.3, 0.4) is 0 Å². The second-order valence-electron chi connectivity index (χ2n) is 2.69. The molecule has 13 heavy (non-hydrogen) atoms. The molecular weight excluding hydrogens is 190 g/mol. The van der Waals surface area contributed by atoms with Crippen LogP contribution in [0.4, 0.5) is 0 Å². The van der Waals surface area contributed by atoms with Crippen LogP contribution in [-0.2, 0) is 0 Å². The van der Waals surface area contributed by atoms with Gasteiger partial charge in [0.2, 0.25) is 5.18 Å². The van der Waals surface area contributed by atoms with Crippen molar-refractivity contribution in [3.63, 3.8) is 0 Å². The number of aromatic nitrogens is 2. The maximum atomic E-state index is 9.28. The number of H-pyrrole nitrogens is 1. The van der Waals surface area contributed by atoms with Crippen molar-refractivity contribution in [3.8, 4) is 0 Å². The van der Waals surface area contributed by atoms with Crippen molar-refractivity contribution < 1.29 is 5.11 Å². The highest BCUT2D eigenvalue weighted by molar-refractivity contribution is 6.24. The Morgan fingerprint density at radius 1 is 1.54 bits per heavy atom. The lowest BCUT2D eigenvalue weighted by Gasteiger charge is -2.20. The van der Waals surface area contributed by atoms with Crippen LogP contribution in [0.1, 0.15) is 5.82 Å². The largest absolute Gasteiger partial charge is 0.355 e. The summed E-state index contributed by atoms with van der Waals surface area (Å²) >= 11 is 5.58. The van der Waals surface area contributed by atoms with Gasteiger partial charge in [-0.05, 0) is 12.2 Å². The van der Waals surface area contributed by atoms with Gasteiger partial charge < -0.3 is 15.4 Å². The first kappa shape index (κ1) is 8.34. The average Bonchev–Trinajstić information content (AvgIpc) is 2.56. The third-order valence-electron chi connectivity index (χ3n) is 1.69. The van der Waals surface area contributed by atoms with Crippen LogP contribution >= 0.6 is 11.6 Å². The van der Waals surface area contributed by atoms with Crippen molar-refractivity contribution in [1.29, 1.82) is 0 Å². The Morgan fingerprint density at radius 2 is 2.38 bits per heavy atom. The van der Waals surface area contributed by atoms with Crippen molar-refractivity contribution in [2.45, 2.75) is 5.18 Å². The smallest absolute Gasteiger partial charge is 0.234 e. The molecule has 0 aromatic carbocycles. The molecule has 2 rings (SSSR count). The van der Waals surface area contributed by atoms with E-state index >= 15 is 0 Å². The second kappa shape index (κ2) is 2.90. The van der Waals surface area contributed by atoms with Gasteiger partial charge in [-0.3, -0.25) is 0 Å². The fraction of sp³-hybridized carbons (Fsp3) is 0.125. The highest BCUT2D eigenvalue weighted by atomic mass is 35.5. The highest BCUT2D eigenvalue weighted by Gasteiger charge is 2.20. The van der Waals surface area contributed by atoms with Gasteiger partial charge >= 0.3 is 0 Å². The first-order valence-electron chi connectivity index (χ1n) is 3.75. The van der Waals surface area contributed by atoms with E-state index in [1.165, 1.54) is 6.08 Å². The summed E-state index contributed by atoms with van der Waals surface area (Å²) in [4.78, 5) is 6.99. The minimum atomic E-state index is -1.48. The number of dihydropyridines is 1. The fourth-order valence-corrected chi connectivity index (χ4v) is 1.16. The van der Waals surface area contributed by atoms with Crippen LogP contribution in [-0.4, -0.2) is 20.3 Å². The number of hydrogen-bond donors (Lipinski definition) is 3. The maximum absolute atomic E-state index is 9.28. The number of allylic oxidation sites excluding steroid dienone is 2. The number of nitrogens with one attached hydrogen (secondary N) is 2. The number of rotatable bonds is 1. The van der Waals surface area contributed by atoms with Gasteiger partial charge in [0.15, 0.2) is 0 Å². The molecule has 0 saturated heterocycles. The molecule has 0 saturated carbocycles. The molecule has 1 aromatic heterocycles. The van der Waals surface area contributed by atoms with Crippen molar-refractivity contribution >= 4 is 17.2 Å². The standard InChI is InChI=1S/C8H8ClN3O/c9-8(13)2-1-6(5-12-8)7-10-3-4-11-7/h1-5,12-13H,(H,10,11). The molecule has 1 unspecified atom stereocenters. The average molecular weight is 198 g/mol. The van der Waals surface area contributed by atoms with E-state index in [-0.39, 0.29) is 0 Å². The number of aromatic amines is 1. The van der Waals surface area contributed by atoms with Crippen LogP contribution in [0.2, 0.25) is 0 Å². The van der Waals surface area contributed by atoms with Gasteiger partial charge in [0, 0.05) is 24.2 Å². The number of hydrogen-bond acceptors (Lipinski definition) is 3. The van der Waals surface area contributed by atoms with E-state index in [1.807, 2.05) is 0 Å². The van der Waals surface area contributed by atoms with Crippen LogP contribution in [0, 0.1) is 0 Å². The summed E-state index contributed by atoms with van der Waals surface area (Å²) in [6.45, 7) is 0. The molecule has 1 aliphatic rings. The zero-order valence-corrected chi connectivity index (χ0v) is 7.42. The molecular formula is C8H8ClN3O. The third kappa shape index (κ3) is 1.74. The third-order valence-corrected chi connectivity index (χ3v) is 1.92. The van der Waals surface area contributed by atoms with E-state index in [9.17, 15) is 5.11 Å². The molecule has 68 valence electrons. The van der Waals surface area contributed by atoms with Crippen molar-refractivity contribution in [2.24, 2.45) is 0 Å². The first-order chi connectivity index (χ1) is 6.17. The molecule has 0 fully saturated rings. The Labute approximate surface area is 79.9 Å². The van der Waals surface area contributed by atoms with Gasteiger partial charge in [-0.25, -0.2) is 4.98 Å². The molecule has 0 amide bonds. The number of aliphatic hydroxyl groups is 1. The van der Waals surface area contributed by atoms with E-state index in [1.54, 1.807) is 24.7 Å². The monoisotopic (exact) mass is 197 g/mol. The number of alkyl halides is 1. The first-order valence-corrected chi connectivity index (χ1v) is 4.13. The molecule has 3 N–H and O–H groups in total. The summed E-state index contributed by atoms with van der Waals surface area (Å²) in [5, 5.41) is 10.4. The number of nitrogens with zero attached hydrogens (tertiary/aromatic N) is 1. The molecule has 4 nitrogen and oxygen atoms in total. The summed E-state index contributed by atoms with van der Waals surface area (Å²) in [7, 11) is 0. The number of halogens is 1. The molecule has 0 radical (unpaired) electrons. The topological polar surface area (TPSA) is 60.9 Å². The predicted octanol–water partition coefficient (Wildman–Crippen LogP) is 0.795. The summed E-state index contributed by atoms with van der Waals surface area (Å²) in [5.41, 5.74) is 0.843. The van der Waals surface area contributed by atoms with Crippen LogP contribution in [0.15, 0.2) is 30.7 Å². The van der Waals surface area contributed by atoms with E-state index in [0.717, 1.165) is 11.4 Å². The summed E-state index contributed by atoms with van der Waals surface area (Å²) < 4.78 is 0. The van der Waals surface area contributed by atoms with Gasteiger partial charge in [0.05, 0.1) is 0 Å². The normalized spacial score (nSPS) is 26.8. The molecule has 5 heteroatoms. The maximum Gasteiger partial charge on any atom is 0.234 e. The molecule has 1 aliphatic heterocycles. The fourth-order valence-electron chi connectivity index (χ4n) is 1.05. The van der Waals surface area contributed by atoms with Gasteiger partial charge in [-0.2, -0.15) is 0 Å². The van der Waals surface area contributed by atoms with E-state index in [0.29, 0.717) is 0 Å². The molecule has 2 heterocycles. The Kier molecular flexibility index (Phi) is 1.86. The van der Waals surface area contributed by atoms with Gasteiger partial charge in [-0.15, -0.1) is 0 Å². The van der Waals surface area contributed by atoms with Crippen molar-refractivity contribution in [1.82, 2.24) is 15.3 Å². The zero-order valence-electron chi connectivity index (χ0n) is 6.66. The van der Waals surface area contributed by atoms with E-state index in [4.69, 9.17) is 11.6 Å². The molecule has 0 bridgehead atoms. The Balaban J connectivity index is 2.23. The Hall–Kier alpha value is -1.26. The highest BCUT2D eigenvalue weighted by Crippen LogP contribution is 2.19. The SMILES string of the molecule is OC1(Cl)C=CC(c2ncc[nH]2)=CN1. The van der Waals surface area contributed by atoms with Gasteiger partial charge in [-0.1, -0.05) is 11.6 Å². The molecule has 0 spiro atoms. The second-order valence-corrected chi connectivity index (χ2v) is 3.26. The predicted molar refractivity (Wildman–Crippen MR) is 49.6 cm³/mol. The molecule has 0 aliphatic carbocycles. The van der Waals surface area contributed by atoms with Gasteiger partial charge in [0.1, 0.15) is 5.82 Å². The quantitative estimate of drug-likeness (QED) is 0.461. The number of imidazole rings is 1. The summed E-state index contributed by atoms with van der Waals surface area (Å²) in [6.07, 6.45) is 8.14. The van der Waals surface area contributed by atoms with Crippen LogP contribution in [0.25, 0.3) is 5.57 Å². The van der Waals surface area contributed by atoms with Gasteiger partial charge in [0.25, 0.3) is 0 Å². The van der Waals surface area contributed by atoms with Crippen molar-refractivity contribution in [2.75, 3.05) is 0 Å². The van der Waals surface area contributed by atoms with Crippen LogP contribution < -0.4 is 5.32 Å². The lowest BCUT2D eigenvalue weighted by atomic mass is 10.2. The molecule has 1 aromatic rings. The van der Waals surface area contributed by atoms with Crippen molar-refractivity contribution in [3.05, 3.63) is 36.6 Å². The minimum Gasteiger partial charge on any atom is -0.355 e. The van der Waals surface area contributed by atoms with E-state index < -0.39 is 5.18 Å². The lowest BCUT2D eigenvalue weighted by molar-refractivity contribution is 0.156.